The Kier molecular flexibility index (Phi) is 5.15. The molecule has 1 atom stereocenters. The van der Waals surface area contributed by atoms with Crippen molar-refractivity contribution in [1.29, 1.82) is 0 Å². The summed E-state index contributed by atoms with van der Waals surface area (Å²) in [5.41, 5.74) is 2.14. The maximum atomic E-state index is 9.62. The van der Waals surface area contributed by atoms with Crippen molar-refractivity contribution < 1.29 is 5.11 Å². The molecule has 21 heavy (non-hydrogen) atoms. The summed E-state index contributed by atoms with van der Waals surface area (Å²) in [5.74, 6) is 0.933. The van der Waals surface area contributed by atoms with Gasteiger partial charge in [0.1, 0.15) is 5.82 Å². The molecule has 0 bridgehead atoms. The maximum absolute atomic E-state index is 9.62. The summed E-state index contributed by atoms with van der Waals surface area (Å²) in [6.07, 6.45) is -0.380. The van der Waals surface area contributed by atoms with Crippen LogP contribution in [0.1, 0.15) is 26.3 Å². The number of hydrogen-bond donors (Lipinski definition) is 2. The van der Waals surface area contributed by atoms with Gasteiger partial charge in [-0.05, 0) is 19.1 Å². The zero-order valence-corrected chi connectivity index (χ0v) is 13.3. The number of nitrogens with zero attached hydrogens (tertiary/aromatic N) is 2. The smallest absolute Gasteiger partial charge is 0.133 e. The number of nitrogens with one attached hydrogen (secondary N) is 1. The number of para-hydroxylation sites is 1. The molecule has 0 saturated carbocycles. The van der Waals surface area contributed by atoms with Crippen LogP contribution < -0.4 is 10.2 Å². The number of pyridine rings is 1. The van der Waals surface area contributed by atoms with E-state index in [1.54, 1.807) is 6.92 Å². The van der Waals surface area contributed by atoms with Crippen LogP contribution in [-0.2, 0) is 6.54 Å². The highest BCUT2D eigenvalue weighted by Gasteiger charge is 2.13. The third-order valence-corrected chi connectivity index (χ3v) is 3.38. The lowest BCUT2D eigenvalue weighted by molar-refractivity contribution is 0.201. The molecule has 0 saturated heterocycles. The van der Waals surface area contributed by atoms with E-state index in [0.717, 1.165) is 28.8 Å². The third-order valence-electron chi connectivity index (χ3n) is 3.38. The van der Waals surface area contributed by atoms with Gasteiger partial charge in [0.25, 0.3) is 0 Å². The molecule has 4 nitrogen and oxygen atoms in total. The van der Waals surface area contributed by atoms with Crippen LogP contribution in [0.25, 0.3) is 10.9 Å². The van der Waals surface area contributed by atoms with Crippen LogP contribution in [0.15, 0.2) is 30.3 Å². The van der Waals surface area contributed by atoms with Crippen molar-refractivity contribution in [2.24, 2.45) is 0 Å². The zero-order valence-electron chi connectivity index (χ0n) is 13.3. The minimum atomic E-state index is -0.380. The van der Waals surface area contributed by atoms with Gasteiger partial charge in [0.2, 0.25) is 0 Å². The van der Waals surface area contributed by atoms with Gasteiger partial charge in [-0.15, -0.1) is 0 Å². The van der Waals surface area contributed by atoms with E-state index in [1.807, 2.05) is 30.1 Å². The molecule has 0 aliphatic carbocycles. The summed E-state index contributed by atoms with van der Waals surface area (Å²) in [6, 6.07) is 10.7. The topological polar surface area (TPSA) is 48.4 Å². The van der Waals surface area contributed by atoms with Crippen LogP contribution in [0.5, 0.6) is 0 Å². The molecule has 0 amide bonds. The van der Waals surface area contributed by atoms with Crippen molar-refractivity contribution >= 4 is 16.7 Å². The molecule has 0 aliphatic heterocycles. The Morgan fingerprint density at radius 3 is 2.62 bits per heavy atom. The summed E-state index contributed by atoms with van der Waals surface area (Å²) < 4.78 is 0. The lowest BCUT2D eigenvalue weighted by Crippen LogP contribution is -2.30. The fraction of sp³-hybridized carbons (Fsp3) is 0.471. The van der Waals surface area contributed by atoms with E-state index in [9.17, 15) is 5.11 Å². The molecule has 0 aliphatic rings. The van der Waals surface area contributed by atoms with E-state index < -0.39 is 0 Å². The summed E-state index contributed by atoms with van der Waals surface area (Å²) in [4.78, 5) is 6.80. The summed E-state index contributed by atoms with van der Waals surface area (Å²) in [6.45, 7) is 7.40. The monoisotopic (exact) mass is 287 g/mol. The van der Waals surface area contributed by atoms with E-state index in [-0.39, 0.29) is 6.10 Å². The van der Waals surface area contributed by atoms with Crippen molar-refractivity contribution in [2.75, 3.05) is 18.5 Å². The van der Waals surface area contributed by atoms with E-state index in [2.05, 4.69) is 31.3 Å². The number of aliphatic hydroxyl groups excluding tert-OH is 1. The second kappa shape index (κ2) is 6.87. The van der Waals surface area contributed by atoms with Crippen LogP contribution in [-0.4, -0.2) is 35.8 Å². The van der Waals surface area contributed by atoms with Gasteiger partial charge in [-0.25, -0.2) is 4.98 Å². The molecule has 1 aromatic heterocycles. The van der Waals surface area contributed by atoms with Crippen molar-refractivity contribution in [3.8, 4) is 0 Å². The Balaban J connectivity index is 2.40. The molecule has 1 unspecified atom stereocenters. The van der Waals surface area contributed by atoms with E-state index in [0.29, 0.717) is 12.6 Å². The number of aliphatic hydroxyl groups is 1. The quantitative estimate of drug-likeness (QED) is 0.857. The first-order chi connectivity index (χ1) is 9.97. The van der Waals surface area contributed by atoms with Crippen LogP contribution in [0, 0.1) is 0 Å². The van der Waals surface area contributed by atoms with Crippen molar-refractivity contribution in [1.82, 2.24) is 10.3 Å². The van der Waals surface area contributed by atoms with Crippen molar-refractivity contribution in [2.45, 2.75) is 39.5 Å². The molecule has 0 radical (unpaired) electrons. The Morgan fingerprint density at radius 1 is 1.24 bits per heavy atom. The Bertz CT molecular complexity index is 596. The van der Waals surface area contributed by atoms with E-state index >= 15 is 0 Å². The van der Waals surface area contributed by atoms with Crippen LogP contribution in [0.3, 0.4) is 0 Å². The fourth-order valence-corrected chi connectivity index (χ4v) is 2.41. The summed E-state index contributed by atoms with van der Waals surface area (Å²) in [5, 5.41) is 14.2. The maximum Gasteiger partial charge on any atom is 0.133 e. The molecule has 1 heterocycles. The summed E-state index contributed by atoms with van der Waals surface area (Å²) in [7, 11) is 1.97. The molecule has 0 fully saturated rings. The molecule has 114 valence electrons. The highest BCUT2D eigenvalue weighted by molar-refractivity contribution is 5.81. The van der Waals surface area contributed by atoms with Gasteiger partial charge >= 0.3 is 0 Å². The van der Waals surface area contributed by atoms with Gasteiger partial charge in [0, 0.05) is 37.1 Å². The number of rotatable bonds is 6. The minimum absolute atomic E-state index is 0.380. The molecule has 2 rings (SSSR count). The summed E-state index contributed by atoms with van der Waals surface area (Å²) >= 11 is 0. The van der Waals surface area contributed by atoms with E-state index in [1.165, 1.54) is 0 Å². The predicted octanol–water partition coefficient (Wildman–Crippen LogP) is 2.55. The van der Waals surface area contributed by atoms with Crippen LogP contribution >= 0.6 is 0 Å². The largest absolute Gasteiger partial charge is 0.392 e. The number of benzene rings is 1. The minimum Gasteiger partial charge on any atom is -0.392 e. The van der Waals surface area contributed by atoms with Gasteiger partial charge in [0.05, 0.1) is 11.6 Å². The molecular weight excluding hydrogens is 262 g/mol. The van der Waals surface area contributed by atoms with Crippen molar-refractivity contribution in [3.05, 3.63) is 35.9 Å². The Labute approximate surface area is 126 Å². The van der Waals surface area contributed by atoms with Crippen LogP contribution in [0.2, 0.25) is 0 Å². The second-order valence-corrected chi connectivity index (χ2v) is 5.93. The SMILES string of the molecule is CC(O)CN(C)c1nc2ccccc2cc1CNC(C)C. The lowest BCUT2D eigenvalue weighted by Gasteiger charge is -2.23. The molecule has 1 aromatic carbocycles. The van der Waals surface area contributed by atoms with Gasteiger partial charge in [-0.2, -0.15) is 0 Å². The fourth-order valence-electron chi connectivity index (χ4n) is 2.41. The average molecular weight is 287 g/mol. The first kappa shape index (κ1) is 15.7. The lowest BCUT2D eigenvalue weighted by atomic mass is 10.1. The first-order valence-corrected chi connectivity index (χ1v) is 7.48. The predicted molar refractivity (Wildman–Crippen MR) is 88.7 cm³/mol. The average Bonchev–Trinajstić information content (AvgIpc) is 2.43. The molecule has 2 N–H and O–H groups in total. The number of anilines is 1. The second-order valence-electron chi connectivity index (χ2n) is 5.93. The van der Waals surface area contributed by atoms with Crippen molar-refractivity contribution in [3.63, 3.8) is 0 Å². The van der Waals surface area contributed by atoms with Gasteiger partial charge < -0.3 is 15.3 Å². The highest BCUT2D eigenvalue weighted by Crippen LogP contribution is 2.23. The van der Waals surface area contributed by atoms with Gasteiger partial charge in [-0.1, -0.05) is 32.0 Å². The number of fused-ring (bicyclic) bond motifs is 1. The molecule has 4 heteroatoms. The normalized spacial score (nSPS) is 12.9. The van der Waals surface area contributed by atoms with Gasteiger partial charge in [-0.3, -0.25) is 0 Å². The molecule has 2 aromatic rings. The van der Waals surface area contributed by atoms with Gasteiger partial charge in [0.15, 0.2) is 0 Å². The number of hydrogen-bond acceptors (Lipinski definition) is 4. The molecular formula is C17H25N3O. The third kappa shape index (κ3) is 4.16. The van der Waals surface area contributed by atoms with E-state index in [4.69, 9.17) is 4.98 Å². The Morgan fingerprint density at radius 2 is 1.95 bits per heavy atom. The number of likely N-dealkylation sites (N-methyl/N-ethyl adjacent to an activating group) is 1. The molecule has 0 spiro atoms. The standard InChI is InChI=1S/C17H25N3O/c1-12(2)18-10-15-9-14-7-5-6-8-16(14)19-17(15)20(4)11-13(3)21/h5-9,12-13,18,21H,10-11H2,1-4H3. The Hall–Kier alpha value is -1.65. The number of aromatic nitrogens is 1. The first-order valence-electron chi connectivity index (χ1n) is 7.48. The highest BCUT2D eigenvalue weighted by atomic mass is 16.3. The van der Waals surface area contributed by atoms with Crippen LogP contribution in [0.4, 0.5) is 5.82 Å². The zero-order chi connectivity index (χ0) is 15.4.